The topological polar surface area (TPSA) is 55.8 Å². The molecule has 1 unspecified atom stereocenters. The first-order valence-electron chi connectivity index (χ1n) is 5.95. The van der Waals surface area contributed by atoms with Crippen LogP contribution in [0.5, 0.6) is 0 Å². The van der Waals surface area contributed by atoms with Crippen LogP contribution in [0.2, 0.25) is 5.02 Å². The van der Waals surface area contributed by atoms with E-state index < -0.39 is 12.0 Å². The molecule has 1 aliphatic rings. The molecule has 1 aromatic rings. The number of halogens is 2. The third-order valence-electron chi connectivity index (χ3n) is 2.97. The van der Waals surface area contributed by atoms with Crippen molar-refractivity contribution in [3.8, 4) is 0 Å². The van der Waals surface area contributed by atoms with Gasteiger partial charge in [-0.3, -0.25) is 4.79 Å². The van der Waals surface area contributed by atoms with E-state index in [2.05, 4.69) is 15.9 Å². The molecule has 0 aromatic heterocycles. The highest BCUT2D eigenvalue weighted by molar-refractivity contribution is 9.10. The summed E-state index contributed by atoms with van der Waals surface area (Å²) in [5, 5.41) is 0.450. The average molecular weight is 363 g/mol. The second-order valence-electron chi connectivity index (χ2n) is 4.27. The van der Waals surface area contributed by atoms with Crippen LogP contribution in [-0.2, 0) is 14.3 Å². The first-order valence-corrected chi connectivity index (χ1v) is 7.12. The summed E-state index contributed by atoms with van der Waals surface area (Å²) in [6.07, 6.45) is 0. The number of nitrogens with zero attached hydrogens (tertiary/aromatic N) is 1. The van der Waals surface area contributed by atoms with E-state index in [9.17, 15) is 9.59 Å². The second-order valence-corrected chi connectivity index (χ2v) is 5.62. The molecule has 0 aliphatic carbocycles. The summed E-state index contributed by atoms with van der Waals surface area (Å²) in [4.78, 5) is 25.7. The zero-order chi connectivity index (χ0) is 14.7. The van der Waals surface area contributed by atoms with E-state index in [1.54, 1.807) is 18.2 Å². The normalized spacial score (nSPS) is 18.8. The Morgan fingerprint density at radius 3 is 2.85 bits per heavy atom. The van der Waals surface area contributed by atoms with Crippen molar-refractivity contribution < 1.29 is 19.1 Å². The van der Waals surface area contributed by atoms with E-state index >= 15 is 0 Å². The minimum absolute atomic E-state index is 0.139. The molecular weight excluding hydrogens is 350 g/mol. The first-order chi connectivity index (χ1) is 9.52. The Morgan fingerprint density at radius 1 is 1.45 bits per heavy atom. The van der Waals surface area contributed by atoms with E-state index in [4.69, 9.17) is 21.1 Å². The van der Waals surface area contributed by atoms with Crippen molar-refractivity contribution >= 4 is 39.4 Å². The third-order valence-corrected chi connectivity index (χ3v) is 3.65. The van der Waals surface area contributed by atoms with E-state index in [1.165, 1.54) is 12.0 Å². The predicted molar refractivity (Wildman–Crippen MR) is 76.8 cm³/mol. The zero-order valence-electron chi connectivity index (χ0n) is 10.8. The molecule has 20 heavy (non-hydrogen) atoms. The van der Waals surface area contributed by atoms with Crippen molar-refractivity contribution in [1.29, 1.82) is 0 Å². The number of hydrogen-bond donors (Lipinski definition) is 0. The van der Waals surface area contributed by atoms with Crippen LogP contribution in [0, 0.1) is 0 Å². The van der Waals surface area contributed by atoms with Gasteiger partial charge in [0.15, 0.2) is 6.04 Å². The van der Waals surface area contributed by atoms with Crippen LogP contribution < -0.4 is 0 Å². The van der Waals surface area contributed by atoms with Crippen LogP contribution in [0.25, 0.3) is 0 Å². The lowest BCUT2D eigenvalue weighted by molar-refractivity contribution is -0.151. The number of hydrogen-bond acceptors (Lipinski definition) is 4. The number of esters is 1. The van der Waals surface area contributed by atoms with Crippen LogP contribution in [0.3, 0.4) is 0 Å². The fourth-order valence-electron chi connectivity index (χ4n) is 2.02. The van der Waals surface area contributed by atoms with Gasteiger partial charge in [0.25, 0.3) is 5.91 Å². The number of benzene rings is 1. The average Bonchev–Trinajstić information content (AvgIpc) is 2.44. The lowest BCUT2D eigenvalue weighted by atomic mass is 10.1. The van der Waals surface area contributed by atoms with Crippen molar-refractivity contribution in [2.45, 2.75) is 6.04 Å². The monoisotopic (exact) mass is 361 g/mol. The number of rotatable bonds is 2. The zero-order valence-corrected chi connectivity index (χ0v) is 13.1. The molecule has 1 amide bonds. The molecule has 0 spiro atoms. The molecule has 7 heteroatoms. The van der Waals surface area contributed by atoms with Gasteiger partial charge in [-0.25, -0.2) is 4.79 Å². The van der Waals surface area contributed by atoms with Crippen LogP contribution in [0.15, 0.2) is 22.7 Å². The van der Waals surface area contributed by atoms with Gasteiger partial charge >= 0.3 is 5.97 Å². The molecule has 1 saturated heterocycles. The summed E-state index contributed by atoms with van der Waals surface area (Å²) in [6, 6.07) is 4.20. The van der Waals surface area contributed by atoms with Gasteiger partial charge in [-0.2, -0.15) is 0 Å². The Bertz CT molecular complexity index is 517. The van der Waals surface area contributed by atoms with Gasteiger partial charge in [0.2, 0.25) is 0 Å². The molecule has 0 radical (unpaired) electrons. The highest BCUT2D eigenvalue weighted by Crippen LogP contribution is 2.22. The quantitative estimate of drug-likeness (QED) is 0.756. The maximum absolute atomic E-state index is 12.5. The minimum atomic E-state index is -0.723. The Hall–Kier alpha value is -1.11. The second kappa shape index (κ2) is 6.56. The smallest absolute Gasteiger partial charge is 0.331 e. The standard InChI is InChI=1S/C13H13BrClNO4/c1-19-13(18)11-7-20-3-2-16(11)12(17)8-4-9(14)6-10(15)5-8/h4-6,11H,2-3,7H2,1H3. The number of amides is 1. The Morgan fingerprint density at radius 2 is 2.20 bits per heavy atom. The van der Waals surface area contributed by atoms with E-state index in [-0.39, 0.29) is 12.5 Å². The lowest BCUT2D eigenvalue weighted by Crippen LogP contribution is -2.53. The lowest BCUT2D eigenvalue weighted by Gasteiger charge is -2.33. The van der Waals surface area contributed by atoms with Crippen LogP contribution in [-0.4, -0.2) is 49.7 Å². The predicted octanol–water partition coefficient (Wildman–Crippen LogP) is 2.12. The molecule has 0 bridgehead atoms. The van der Waals surface area contributed by atoms with Crippen molar-refractivity contribution in [2.24, 2.45) is 0 Å². The van der Waals surface area contributed by atoms with Crippen molar-refractivity contribution in [1.82, 2.24) is 4.90 Å². The van der Waals surface area contributed by atoms with Gasteiger partial charge in [0.05, 0.1) is 20.3 Å². The summed E-state index contributed by atoms with van der Waals surface area (Å²) in [6.45, 7) is 0.865. The molecular formula is C13H13BrClNO4. The summed E-state index contributed by atoms with van der Waals surface area (Å²) in [7, 11) is 1.29. The summed E-state index contributed by atoms with van der Waals surface area (Å²) < 4.78 is 10.6. The highest BCUT2D eigenvalue weighted by atomic mass is 79.9. The Kier molecular flexibility index (Phi) is 5.01. The maximum atomic E-state index is 12.5. The number of carbonyl (C=O) groups excluding carboxylic acids is 2. The molecule has 1 heterocycles. The van der Waals surface area contributed by atoms with Gasteiger partial charge in [-0.1, -0.05) is 27.5 Å². The fourth-order valence-corrected chi connectivity index (χ4v) is 2.88. The maximum Gasteiger partial charge on any atom is 0.331 e. The molecule has 1 aliphatic heterocycles. The van der Waals surface area contributed by atoms with Crippen molar-refractivity contribution in [3.63, 3.8) is 0 Å². The SMILES string of the molecule is COC(=O)C1COCCN1C(=O)c1cc(Cl)cc(Br)c1. The van der Waals surface area contributed by atoms with E-state index in [1.807, 2.05) is 0 Å². The van der Waals surface area contributed by atoms with Gasteiger partial charge in [0, 0.05) is 21.6 Å². The minimum Gasteiger partial charge on any atom is -0.467 e. The van der Waals surface area contributed by atoms with Gasteiger partial charge in [-0.15, -0.1) is 0 Å². The number of ether oxygens (including phenoxy) is 2. The molecule has 0 saturated carbocycles. The molecule has 1 fully saturated rings. The van der Waals surface area contributed by atoms with Gasteiger partial charge < -0.3 is 14.4 Å². The third kappa shape index (κ3) is 3.31. The molecule has 108 valence electrons. The number of carbonyl (C=O) groups is 2. The molecule has 2 rings (SSSR count). The van der Waals surface area contributed by atoms with Gasteiger partial charge in [-0.05, 0) is 18.2 Å². The van der Waals surface area contributed by atoms with Crippen molar-refractivity contribution in [2.75, 3.05) is 26.9 Å². The van der Waals surface area contributed by atoms with Crippen molar-refractivity contribution in [3.05, 3.63) is 33.3 Å². The fraction of sp³-hybridized carbons (Fsp3) is 0.385. The largest absolute Gasteiger partial charge is 0.467 e. The summed E-state index contributed by atoms with van der Waals surface area (Å²) in [5.74, 6) is -0.758. The van der Waals surface area contributed by atoms with Gasteiger partial charge in [0.1, 0.15) is 0 Å². The van der Waals surface area contributed by atoms with Crippen LogP contribution in [0.1, 0.15) is 10.4 Å². The molecule has 0 N–H and O–H groups in total. The van der Waals surface area contributed by atoms with Crippen LogP contribution >= 0.6 is 27.5 Å². The first kappa shape index (κ1) is 15.3. The highest BCUT2D eigenvalue weighted by Gasteiger charge is 2.34. The molecule has 5 nitrogen and oxygen atoms in total. The summed E-state index contributed by atoms with van der Waals surface area (Å²) in [5.41, 5.74) is 0.417. The summed E-state index contributed by atoms with van der Waals surface area (Å²) >= 11 is 9.23. The number of methoxy groups -OCH3 is 1. The van der Waals surface area contributed by atoms with E-state index in [0.717, 1.165) is 0 Å². The van der Waals surface area contributed by atoms with E-state index in [0.29, 0.717) is 28.2 Å². The molecule has 1 atom stereocenters. The number of morpholine rings is 1. The Balaban J connectivity index is 2.27. The van der Waals surface area contributed by atoms with Crippen LogP contribution in [0.4, 0.5) is 0 Å². The Labute approximate surface area is 129 Å². The molecule has 1 aromatic carbocycles.